The van der Waals surface area contributed by atoms with Gasteiger partial charge in [-0.2, -0.15) is 23.3 Å². The minimum Gasteiger partial charge on any atom is -0.387 e. The molecule has 8 heteroatoms. The van der Waals surface area contributed by atoms with Crippen molar-refractivity contribution in [1.29, 1.82) is 0 Å². The summed E-state index contributed by atoms with van der Waals surface area (Å²) in [6.45, 7) is 0. The van der Waals surface area contributed by atoms with Crippen LogP contribution in [-0.2, 0) is 4.79 Å². The maximum Gasteiger partial charge on any atom is 0.432 e. The minimum atomic E-state index is -4.84. The average molecular weight is 377 g/mol. The first-order valence-corrected chi connectivity index (χ1v) is 8.20. The number of hydrogen-bond acceptors (Lipinski definition) is 4. The van der Waals surface area contributed by atoms with Crippen molar-refractivity contribution in [2.24, 2.45) is 11.0 Å². The van der Waals surface area contributed by atoms with E-state index in [4.69, 9.17) is 0 Å². The molecule has 0 spiro atoms. The summed E-state index contributed by atoms with van der Waals surface area (Å²) in [5.74, 6) is -2.74. The van der Waals surface area contributed by atoms with Crippen molar-refractivity contribution >= 4 is 23.0 Å². The van der Waals surface area contributed by atoms with Gasteiger partial charge in [-0.1, -0.05) is 30.3 Å². The molecular weight excluding hydrogens is 359 g/mol. The van der Waals surface area contributed by atoms with E-state index in [-0.39, 0.29) is 11.3 Å². The number of benzene rings is 2. The molecule has 3 rings (SSSR count). The standard InChI is InChI=1S/C19H18F3N3O2/c1-24(2)13-10-8-12(9-11-13)16(26)15-17(19(20,21)22)23-25(18(15)27)14-6-4-3-5-7-14/h3-11,15-16,26H,1-2H3/t15-,16-/m1/s1. The van der Waals surface area contributed by atoms with Gasteiger partial charge in [0.15, 0.2) is 5.71 Å². The van der Waals surface area contributed by atoms with Crippen LogP contribution < -0.4 is 9.91 Å². The summed E-state index contributed by atoms with van der Waals surface area (Å²) in [6, 6.07) is 14.2. The second-order valence-corrected chi connectivity index (χ2v) is 6.38. The van der Waals surface area contributed by atoms with Crippen molar-refractivity contribution in [3.63, 3.8) is 0 Å². The van der Waals surface area contributed by atoms with Crippen LogP contribution in [0.5, 0.6) is 0 Å². The van der Waals surface area contributed by atoms with Crippen molar-refractivity contribution in [3.8, 4) is 0 Å². The molecule has 0 fully saturated rings. The van der Waals surface area contributed by atoms with Gasteiger partial charge in [-0.3, -0.25) is 4.79 Å². The van der Waals surface area contributed by atoms with Crippen molar-refractivity contribution in [2.75, 3.05) is 24.0 Å². The molecule has 2 aromatic rings. The van der Waals surface area contributed by atoms with Gasteiger partial charge < -0.3 is 10.0 Å². The summed E-state index contributed by atoms with van der Waals surface area (Å²) in [7, 11) is 3.64. The van der Waals surface area contributed by atoms with Crippen LogP contribution in [0.25, 0.3) is 0 Å². The van der Waals surface area contributed by atoms with Crippen molar-refractivity contribution in [2.45, 2.75) is 12.3 Å². The summed E-state index contributed by atoms with van der Waals surface area (Å²) in [5, 5.41) is 14.8. The number of hydrazone groups is 1. The zero-order valence-electron chi connectivity index (χ0n) is 14.7. The van der Waals surface area contributed by atoms with Crippen molar-refractivity contribution in [1.82, 2.24) is 0 Å². The lowest BCUT2D eigenvalue weighted by atomic mass is 9.90. The van der Waals surface area contributed by atoms with Gasteiger partial charge in [0, 0.05) is 19.8 Å². The van der Waals surface area contributed by atoms with Gasteiger partial charge in [-0.25, -0.2) is 0 Å². The summed E-state index contributed by atoms with van der Waals surface area (Å²) in [6.07, 6.45) is -6.50. The fourth-order valence-electron chi connectivity index (χ4n) is 2.90. The Balaban J connectivity index is 1.97. The minimum absolute atomic E-state index is 0.210. The van der Waals surface area contributed by atoms with Crippen LogP contribution >= 0.6 is 0 Å². The predicted molar refractivity (Wildman–Crippen MR) is 96.6 cm³/mol. The Morgan fingerprint density at radius 2 is 1.67 bits per heavy atom. The lowest BCUT2D eigenvalue weighted by Crippen LogP contribution is -2.37. The molecule has 0 aliphatic carbocycles. The Morgan fingerprint density at radius 3 is 2.19 bits per heavy atom. The molecule has 0 unspecified atom stereocenters. The number of hydrogen-bond donors (Lipinski definition) is 1. The molecule has 2 atom stereocenters. The monoisotopic (exact) mass is 377 g/mol. The highest BCUT2D eigenvalue weighted by Crippen LogP contribution is 2.38. The van der Waals surface area contributed by atoms with Gasteiger partial charge >= 0.3 is 6.18 Å². The fourth-order valence-corrected chi connectivity index (χ4v) is 2.90. The van der Waals surface area contributed by atoms with Gasteiger partial charge in [0.05, 0.1) is 11.8 Å². The number of carbonyl (C=O) groups is 1. The third-order valence-corrected chi connectivity index (χ3v) is 4.34. The molecule has 1 N–H and O–H groups in total. The number of para-hydroxylation sites is 1. The van der Waals surface area contributed by atoms with E-state index in [2.05, 4.69) is 5.10 Å². The van der Waals surface area contributed by atoms with Crippen LogP contribution in [0.2, 0.25) is 0 Å². The third-order valence-electron chi connectivity index (χ3n) is 4.34. The maximum atomic E-state index is 13.5. The van der Waals surface area contributed by atoms with E-state index in [1.165, 1.54) is 24.3 Å². The number of amides is 1. The predicted octanol–water partition coefficient (Wildman–Crippen LogP) is 3.37. The Kier molecular flexibility index (Phi) is 4.93. The van der Waals surface area contributed by atoms with E-state index in [0.29, 0.717) is 5.01 Å². The van der Waals surface area contributed by atoms with Crippen LogP contribution in [0.4, 0.5) is 24.5 Å². The number of halogens is 3. The largest absolute Gasteiger partial charge is 0.432 e. The van der Waals surface area contributed by atoms with Crippen LogP contribution in [0.1, 0.15) is 11.7 Å². The highest BCUT2D eigenvalue weighted by molar-refractivity contribution is 6.17. The number of carbonyl (C=O) groups excluding carboxylic acids is 1. The molecule has 27 heavy (non-hydrogen) atoms. The second kappa shape index (κ2) is 7.03. The maximum absolute atomic E-state index is 13.5. The molecule has 1 amide bonds. The third kappa shape index (κ3) is 3.66. The number of alkyl halides is 3. The molecule has 0 radical (unpaired) electrons. The summed E-state index contributed by atoms with van der Waals surface area (Å²) in [4.78, 5) is 14.5. The second-order valence-electron chi connectivity index (χ2n) is 6.38. The summed E-state index contributed by atoms with van der Waals surface area (Å²) >= 11 is 0. The molecule has 142 valence electrons. The molecule has 0 saturated carbocycles. The quantitative estimate of drug-likeness (QED) is 0.889. The van der Waals surface area contributed by atoms with Crippen molar-refractivity contribution < 1.29 is 23.1 Å². The summed E-state index contributed by atoms with van der Waals surface area (Å²) in [5.41, 5.74) is -0.0624. The first-order chi connectivity index (χ1) is 12.7. The average Bonchev–Trinajstić information content (AvgIpc) is 2.99. The Hall–Kier alpha value is -2.87. The van der Waals surface area contributed by atoms with Gasteiger partial charge in [0.2, 0.25) is 0 Å². The lowest BCUT2D eigenvalue weighted by Gasteiger charge is -2.21. The molecule has 0 aromatic heterocycles. The van der Waals surface area contributed by atoms with Crippen LogP contribution in [0, 0.1) is 5.92 Å². The molecular formula is C19H18F3N3O2. The topological polar surface area (TPSA) is 56.1 Å². The fraction of sp³-hybridized carbons (Fsp3) is 0.263. The SMILES string of the molecule is CN(C)c1ccc([C@@H](O)[C@H]2C(=O)N(c3ccccc3)N=C2C(F)(F)F)cc1. The Bertz CT molecular complexity index is 849. The molecule has 1 aliphatic heterocycles. The van der Waals surface area contributed by atoms with Crippen LogP contribution in [0.3, 0.4) is 0 Å². The van der Waals surface area contributed by atoms with Gasteiger partial charge in [-0.05, 0) is 29.8 Å². The molecule has 2 aromatic carbocycles. The van der Waals surface area contributed by atoms with Gasteiger partial charge in [-0.15, -0.1) is 0 Å². The molecule has 1 aliphatic rings. The zero-order valence-corrected chi connectivity index (χ0v) is 14.7. The molecule has 0 saturated heterocycles. The summed E-state index contributed by atoms with van der Waals surface area (Å²) < 4.78 is 40.5. The zero-order chi connectivity index (χ0) is 19.8. The van der Waals surface area contributed by atoms with Crippen molar-refractivity contribution in [3.05, 3.63) is 60.2 Å². The van der Waals surface area contributed by atoms with Crippen LogP contribution in [-0.4, -0.2) is 37.0 Å². The highest BCUT2D eigenvalue weighted by atomic mass is 19.4. The number of anilines is 2. The van der Waals surface area contributed by atoms with E-state index < -0.39 is 29.8 Å². The number of aliphatic hydroxyl groups excluding tert-OH is 1. The molecule has 0 bridgehead atoms. The van der Waals surface area contributed by atoms with E-state index in [1.807, 2.05) is 19.0 Å². The number of rotatable bonds is 4. The molecule has 1 heterocycles. The smallest absolute Gasteiger partial charge is 0.387 e. The Morgan fingerprint density at radius 1 is 1.07 bits per heavy atom. The first-order valence-electron chi connectivity index (χ1n) is 8.20. The van der Waals surface area contributed by atoms with Gasteiger partial charge in [0.1, 0.15) is 5.92 Å². The van der Waals surface area contributed by atoms with Crippen LogP contribution in [0.15, 0.2) is 59.7 Å². The highest BCUT2D eigenvalue weighted by Gasteiger charge is 2.53. The Labute approximate surface area is 154 Å². The normalized spacial score (nSPS) is 18.4. The van der Waals surface area contributed by atoms with E-state index in [9.17, 15) is 23.1 Å². The van der Waals surface area contributed by atoms with E-state index in [1.54, 1.807) is 30.3 Å². The molecule has 5 nitrogen and oxygen atoms in total. The number of nitrogens with zero attached hydrogens (tertiary/aromatic N) is 3. The van der Waals surface area contributed by atoms with E-state index in [0.717, 1.165) is 5.69 Å². The first kappa shape index (κ1) is 18.9. The van der Waals surface area contributed by atoms with Gasteiger partial charge in [0.25, 0.3) is 5.91 Å². The number of aliphatic hydroxyl groups is 1. The van der Waals surface area contributed by atoms with E-state index >= 15 is 0 Å². The lowest BCUT2D eigenvalue weighted by molar-refractivity contribution is -0.123.